The number of aryl methyl sites for hydroxylation is 1. The van der Waals surface area contributed by atoms with E-state index in [1.165, 1.54) is 25.6 Å². The first-order chi connectivity index (χ1) is 15.5. The fourth-order valence-electron chi connectivity index (χ4n) is 3.40. The monoisotopic (exact) mass is 458 g/mol. The van der Waals surface area contributed by atoms with E-state index in [1.54, 1.807) is 25.1 Å². The van der Waals surface area contributed by atoms with E-state index in [1.807, 2.05) is 16.7 Å². The number of esters is 1. The molecule has 0 radical (unpaired) electrons. The summed E-state index contributed by atoms with van der Waals surface area (Å²) in [6, 6.07) is 8.70. The summed E-state index contributed by atoms with van der Waals surface area (Å²) in [4.78, 5) is 29.8. The van der Waals surface area contributed by atoms with E-state index in [-0.39, 0.29) is 24.7 Å². The number of methoxy groups -OCH3 is 2. The number of aromatic nitrogens is 1. The lowest BCUT2D eigenvalue weighted by Crippen LogP contribution is -2.19. The molecule has 2 aromatic carbocycles. The van der Waals surface area contributed by atoms with Gasteiger partial charge in [0.2, 0.25) is 6.79 Å². The molecule has 0 saturated carbocycles. The van der Waals surface area contributed by atoms with Crippen LogP contribution < -0.4 is 23.7 Å². The van der Waals surface area contributed by atoms with Crippen LogP contribution in [0.1, 0.15) is 23.7 Å². The Labute approximate surface area is 187 Å². The molecule has 0 spiro atoms. The van der Waals surface area contributed by atoms with E-state index in [0.29, 0.717) is 41.0 Å². The average molecular weight is 458 g/mol. The van der Waals surface area contributed by atoms with E-state index >= 15 is 0 Å². The van der Waals surface area contributed by atoms with Gasteiger partial charge in [-0.3, -0.25) is 9.59 Å². The van der Waals surface area contributed by atoms with Crippen molar-refractivity contribution in [3.05, 3.63) is 40.7 Å². The van der Waals surface area contributed by atoms with Crippen molar-refractivity contribution in [3.63, 3.8) is 0 Å². The third-order valence-corrected chi connectivity index (χ3v) is 5.89. The number of carbonyl (C=O) groups is 2. The minimum absolute atomic E-state index is 0.137. The highest BCUT2D eigenvalue weighted by atomic mass is 32.1. The van der Waals surface area contributed by atoms with Crippen molar-refractivity contribution in [2.45, 2.75) is 19.9 Å². The molecule has 1 amide bonds. The van der Waals surface area contributed by atoms with Gasteiger partial charge in [0.1, 0.15) is 0 Å². The van der Waals surface area contributed by atoms with Gasteiger partial charge in [-0.1, -0.05) is 17.4 Å². The number of hydrogen-bond donors (Lipinski definition) is 0. The summed E-state index contributed by atoms with van der Waals surface area (Å²) in [5, 5.41) is 0. The summed E-state index contributed by atoms with van der Waals surface area (Å²) in [5.74, 6) is 1.16. The van der Waals surface area contributed by atoms with Crippen molar-refractivity contribution in [1.29, 1.82) is 0 Å². The lowest BCUT2D eigenvalue weighted by molar-refractivity contribution is -0.143. The Morgan fingerprint density at radius 3 is 2.66 bits per heavy atom. The second-order valence-corrected chi connectivity index (χ2v) is 7.73. The van der Waals surface area contributed by atoms with Crippen LogP contribution in [0, 0.1) is 0 Å². The molecule has 0 atom stereocenters. The van der Waals surface area contributed by atoms with E-state index < -0.39 is 5.91 Å². The standard InChI is InChI=1S/C22H22N2O7S/c1-4-29-19(25)8-9-24-14-10-16-17(31-12-30-16)11-18(14)32-22(24)23-21(26)13-6-5-7-15(27-2)20(13)28-3/h5-7,10-11H,4,8-9,12H2,1-3H3. The second kappa shape index (κ2) is 9.31. The molecule has 168 valence electrons. The number of fused-ring (bicyclic) bond motifs is 2. The van der Waals surface area contributed by atoms with Crippen molar-refractivity contribution in [2.24, 2.45) is 4.99 Å². The van der Waals surface area contributed by atoms with Gasteiger partial charge in [0, 0.05) is 18.7 Å². The molecule has 32 heavy (non-hydrogen) atoms. The van der Waals surface area contributed by atoms with E-state index in [9.17, 15) is 9.59 Å². The third-order valence-electron chi connectivity index (χ3n) is 4.85. The first kappa shape index (κ1) is 21.7. The van der Waals surface area contributed by atoms with E-state index in [4.69, 9.17) is 23.7 Å². The smallest absolute Gasteiger partial charge is 0.307 e. The molecule has 0 fully saturated rings. The van der Waals surface area contributed by atoms with Crippen molar-refractivity contribution >= 4 is 33.4 Å². The van der Waals surface area contributed by atoms with Gasteiger partial charge in [-0.25, -0.2) is 0 Å². The fraction of sp³-hybridized carbons (Fsp3) is 0.318. The molecule has 4 rings (SSSR count). The Morgan fingerprint density at radius 1 is 1.16 bits per heavy atom. The molecule has 0 saturated heterocycles. The van der Waals surface area contributed by atoms with Crippen LogP contribution in [-0.4, -0.2) is 44.1 Å². The fourth-order valence-corrected chi connectivity index (χ4v) is 4.46. The van der Waals surface area contributed by atoms with Crippen molar-refractivity contribution in [3.8, 4) is 23.0 Å². The number of ether oxygens (including phenoxy) is 5. The van der Waals surface area contributed by atoms with Crippen molar-refractivity contribution < 1.29 is 33.3 Å². The van der Waals surface area contributed by atoms with Crippen LogP contribution in [0.3, 0.4) is 0 Å². The number of thiazole rings is 1. The van der Waals surface area contributed by atoms with Crippen molar-refractivity contribution in [1.82, 2.24) is 4.57 Å². The van der Waals surface area contributed by atoms with Gasteiger partial charge in [0.15, 0.2) is 27.8 Å². The zero-order chi connectivity index (χ0) is 22.7. The summed E-state index contributed by atoms with van der Waals surface area (Å²) in [6.45, 7) is 2.51. The van der Waals surface area contributed by atoms with Crippen LogP contribution in [0.15, 0.2) is 35.3 Å². The summed E-state index contributed by atoms with van der Waals surface area (Å²) >= 11 is 1.32. The molecule has 1 aliphatic heterocycles. The maximum atomic E-state index is 13.1. The Balaban J connectivity index is 1.80. The van der Waals surface area contributed by atoms with Crippen LogP contribution in [0.2, 0.25) is 0 Å². The van der Waals surface area contributed by atoms with Gasteiger partial charge < -0.3 is 28.3 Å². The SMILES string of the molecule is CCOC(=O)CCn1c(=NC(=O)c2cccc(OC)c2OC)sc2cc3c(cc21)OCO3. The molecule has 0 bridgehead atoms. The topological polar surface area (TPSA) is 97.6 Å². The summed E-state index contributed by atoms with van der Waals surface area (Å²) in [6.07, 6.45) is 0.137. The molecule has 2 heterocycles. The molecule has 0 aliphatic carbocycles. The van der Waals surface area contributed by atoms with Crippen LogP contribution in [-0.2, 0) is 16.1 Å². The first-order valence-electron chi connectivity index (χ1n) is 9.94. The highest BCUT2D eigenvalue weighted by molar-refractivity contribution is 7.16. The predicted octanol–water partition coefficient (Wildman–Crippen LogP) is 3.14. The van der Waals surface area contributed by atoms with Gasteiger partial charge >= 0.3 is 5.97 Å². The largest absolute Gasteiger partial charge is 0.493 e. The Kier molecular flexibility index (Phi) is 6.31. The molecular formula is C22H22N2O7S. The Hall–Kier alpha value is -3.53. The molecule has 3 aromatic rings. The molecule has 9 nitrogen and oxygen atoms in total. The second-order valence-electron chi connectivity index (χ2n) is 6.72. The van der Waals surface area contributed by atoms with E-state index in [2.05, 4.69) is 4.99 Å². The third kappa shape index (κ3) is 4.13. The zero-order valence-electron chi connectivity index (χ0n) is 17.9. The van der Waals surface area contributed by atoms with Gasteiger partial charge in [0.25, 0.3) is 5.91 Å². The van der Waals surface area contributed by atoms with Crippen LogP contribution in [0.5, 0.6) is 23.0 Å². The summed E-state index contributed by atoms with van der Waals surface area (Å²) in [7, 11) is 2.97. The lowest BCUT2D eigenvalue weighted by Gasteiger charge is -2.10. The van der Waals surface area contributed by atoms with Crippen LogP contribution >= 0.6 is 11.3 Å². The first-order valence-corrected chi connectivity index (χ1v) is 10.8. The minimum atomic E-state index is -0.489. The van der Waals surface area contributed by atoms with E-state index in [0.717, 1.165) is 10.2 Å². The van der Waals surface area contributed by atoms with Crippen LogP contribution in [0.25, 0.3) is 10.2 Å². The maximum Gasteiger partial charge on any atom is 0.307 e. The number of rotatable bonds is 7. The maximum absolute atomic E-state index is 13.1. The summed E-state index contributed by atoms with van der Waals surface area (Å²) < 4.78 is 29.3. The quantitative estimate of drug-likeness (QED) is 0.502. The van der Waals surface area contributed by atoms with Gasteiger partial charge in [0.05, 0.1) is 43.0 Å². The van der Waals surface area contributed by atoms with Gasteiger partial charge in [-0.2, -0.15) is 4.99 Å². The molecule has 0 unspecified atom stereocenters. The number of hydrogen-bond acceptors (Lipinski definition) is 8. The molecule has 10 heteroatoms. The zero-order valence-corrected chi connectivity index (χ0v) is 18.7. The predicted molar refractivity (Wildman–Crippen MR) is 117 cm³/mol. The van der Waals surface area contributed by atoms with Crippen molar-refractivity contribution in [2.75, 3.05) is 27.6 Å². The summed E-state index contributed by atoms with van der Waals surface area (Å²) in [5.41, 5.74) is 1.06. The highest BCUT2D eigenvalue weighted by Gasteiger charge is 2.20. The van der Waals surface area contributed by atoms with Gasteiger partial charge in [-0.15, -0.1) is 0 Å². The molecule has 0 N–H and O–H groups in total. The number of nitrogens with zero attached hydrogens (tertiary/aromatic N) is 2. The Morgan fingerprint density at radius 2 is 1.94 bits per heavy atom. The lowest BCUT2D eigenvalue weighted by atomic mass is 10.2. The number of benzene rings is 2. The molecular weight excluding hydrogens is 436 g/mol. The van der Waals surface area contributed by atoms with Gasteiger partial charge in [-0.05, 0) is 19.1 Å². The average Bonchev–Trinajstić information content (AvgIpc) is 3.38. The normalized spacial score (nSPS) is 12.8. The number of amides is 1. The molecule has 1 aromatic heterocycles. The Bertz CT molecular complexity index is 1250. The molecule has 1 aliphatic rings. The minimum Gasteiger partial charge on any atom is -0.493 e. The van der Waals surface area contributed by atoms with Crippen LogP contribution in [0.4, 0.5) is 0 Å². The highest BCUT2D eigenvalue weighted by Crippen LogP contribution is 2.37. The number of carbonyl (C=O) groups excluding carboxylic acids is 2. The number of para-hydroxylation sites is 1.